The number of hydrogen-bond acceptors (Lipinski definition) is 5. The van der Waals surface area contributed by atoms with Crippen molar-refractivity contribution in [1.82, 2.24) is 0 Å². The summed E-state index contributed by atoms with van der Waals surface area (Å²) < 4.78 is 26.8. The van der Waals surface area contributed by atoms with Crippen LogP contribution in [0.25, 0.3) is 0 Å². The van der Waals surface area contributed by atoms with E-state index in [-0.39, 0.29) is 45.9 Å². The Balaban J connectivity index is 1.20. The molecule has 5 nitrogen and oxygen atoms in total. The molecule has 1 spiro atoms. The molecule has 5 fully saturated rings. The molecular formula is C37H50O5Si. The van der Waals surface area contributed by atoms with Crippen molar-refractivity contribution >= 4 is 24.7 Å². The number of fused-ring (bicyclic) bond motifs is 6. The molecule has 7 rings (SSSR count). The van der Waals surface area contributed by atoms with Crippen LogP contribution in [0.1, 0.15) is 86.0 Å². The lowest BCUT2D eigenvalue weighted by molar-refractivity contribution is -0.249. The summed E-state index contributed by atoms with van der Waals surface area (Å²) in [4.78, 5) is 13.6. The Kier molecular flexibility index (Phi) is 7.28. The highest BCUT2D eigenvalue weighted by Crippen LogP contribution is 2.66. The number of hydrogen-bond donors (Lipinski definition) is 0. The summed E-state index contributed by atoms with van der Waals surface area (Å²) in [5, 5.41) is 2.57. The number of benzene rings is 2. The first-order valence-corrected chi connectivity index (χ1v) is 18.7. The first-order valence-electron chi connectivity index (χ1n) is 16.8. The summed E-state index contributed by atoms with van der Waals surface area (Å²) in [5.41, 5.74) is -0.0542. The van der Waals surface area contributed by atoms with Crippen LogP contribution in [0, 0.1) is 28.6 Å². The summed E-state index contributed by atoms with van der Waals surface area (Å²) >= 11 is 0. The molecule has 7 atom stereocenters. The topological polar surface area (TPSA) is 54.0 Å². The maximum atomic E-state index is 13.6. The Hall–Kier alpha value is -1.99. The highest BCUT2D eigenvalue weighted by molar-refractivity contribution is 6.99. The molecule has 0 unspecified atom stereocenters. The molecule has 2 aliphatic heterocycles. The summed E-state index contributed by atoms with van der Waals surface area (Å²) in [5.74, 6) is 0.393. The fourth-order valence-electron chi connectivity index (χ4n) is 10.5. The fraction of sp³-hybridized carbons (Fsp3) is 0.649. The van der Waals surface area contributed by atoms with E-state index in [0.717, 1.165) is 44.9 Å². The molecule has 2 aromatic carbocycles. The van der Waals surface area contributed by atoms with E-state index in [1.165, 1.54) is 10.4 Å². The number of carbonyl (C=O) groups excluding carboxylic acids is 1. The van der Waals surface area contributed by atoms with Crippen molar-refractivity contribution in [3.05, 3.63) is 60.7 Å². The molecule has 0 amide bonds. The van der Waals surface area contributed by atoms with Gasteiger partial charge in [-0.2, -0.15) is 0 Å². The molecule has 2 heterocycles. The predicted octanol–water partition coefficient (Wildman–Crippen LogP) is 6.62. The largest absolute Gasteiger partial charge is 0.462 e. The number of rotatable bonds is 4. The van der Waals surface area contributed by atoms with E-state index in [1.54, 1.807) is 0 Å². The van der Waals surface area contributed by atoms with Crippen molar-refractivity contribution < 1.29 is 23.4 Å². The van der Waals surface area contributed by atoms with Crippen LogP contribution >= 0.6 is 0 Å². The Morgan fingerprint density at radius 3 is 2.02 bits per heavy atom. The van der Waals surface area contributed by atoms with Gasteiger partial charge in [-0.05, 0) is 65.3 Å². The second kappa shape index (κ2) is 10.5. The first kappa shape index (κ1) is 29.7. The maximum Gasteiger partial charge on any atom is 0.306 e. The quantitative estimate of drug-likeness (QED) is 0.291. The van der Waals surface area contributed by atoms with Crippen LogP contribution in [0.4, 0.5) is 0 Å². The lowest BCUT2D eigenvalue weighted by Gasteiger charge is -2.56. The van der Waals surface area contributed by atoms with Crippen LogP contribution in [0.3, 0.4) is 0 Å². The van der Waals surface area contributed by atoms with E-state index < -0.39 is 14.1 Å². The van der Waals surface area contributed by atoms with Crippen LogP contribution in [0.5, 0.6) is 0 Å². The summed E-state index contributed by atoms with van der Waals surface area (Å²) in [6.07, 6.45) is 7.60. The van der Waals surface area contributed by atoms with Crippen molar-refractivity contribution in [3.8, 4) is 0 Å². The van der Waals surface area contributed by atoms with Gasteiger partial charge in [0.1, 0.15) is 6.10 Å². The van der Waals surface area contributed by atoms with E-state index in [0.29, 0.717) is 25.6 Å². The van der Waals surface area contributed by atoms with E-state index >= 15 is 0 Å². The van der Waals surface area contributed by atoms with Gasteiger partial charge in [-0.3, -0.25) is 4.79 Å². The van der Waals surface area contributed by atoms with E-state index in [1.807, 2.05) is 0 Å². The van der Waals surface area contributed by atoms with Gasteiger partial charge in [-0.1, -0.05) is 95.3 Å². The third-order valence-electron chi connectivity index (χ3n) is 12.8. The van der Waals surface area contributed by atoms with Crippen molar-refractivity contribution in [2.75, 3.05) is 13.2 Å². The SMILES string of the molecule is CC(C)(C)[Si](O[C@H]1CC[C@@]2(C)[C@@H](CC(=O)O[C@@H]3[C@@H]2CC[C@@]2(C)[C@H]3CCC23OCCO3)C1)(c1ccccc1)c1ccccc1. The van der Waals surface area contributed by atoms with Gasteiger partial charge in [0.25, 0.3) is 8.32 Å². The normalized spacial score (nSPS) is 37.2. The zero-order valence-corrected chi connectivity index (χ0v) is 27.8. The lowest BCUT2D eigenvalue weighted by Crippen LogP contribution is -2.68. The first-order chi connectivity index (χ1) is 20.5. The summed E-state index contributed by atoms with van der Waals surface area (Å²) in [6, 6.07) is 21.9. The molecular weight excluding hydrogens is 552 g/mol. The van der Waals surface area contributed by atoms with Crippen molar-refractivity contribution in [2.24, 2.45) is 28.6 Å². The van der Waals surface area contributed by atoms with Crippen LogP contribution in [0.2, 0.25) is 5.04 Å². The third-order valence-corrected chi connectivity index (χ3v) is 17.9. The molecule has 3 saturated carbocycles. The van der Waals surface area contributed by atoms with Crippen molar-refractivity contribution in [1.29, 1.82) is 0 Å². The van der Waals surface area contributed by atoms with Gasteiger partial charge < -0.3 is 18.6 Å². The highest BCUT2D eigenvalue weighted by Gasteiger charge is 2.68. The molecule has 0 radical (unpaired) electrons. The minimum absolute atomic E-state index is 0.0201. The maximum absolute atomic E-state index is 13.6. The average molecular weight is 603 g/mol. The average Bonchev–Trinajstić information content (AvgIpc) is 3.56. The van der Waals surface area contributed by atoms with E-state index in [9.17, 15) is 4.79 Å². The Morgan fingerprint density at radius 2 is 1.42 bits per heavy atom. The van der Waals surface area contributed by atoms with Gasteiger partial charge in [-0.25, -0.2) is 0 Å². The molecule has 0 N–H and O–H groups in total. The number of carbonyl (C=O) groups is 1. The molecule has 5 aliphatic rings. The van der Waals surface area contributed by atoms with Gasteiger partial charge in [-0.15, -0.1) is 0 Å². The van der Waals surface area contributed by atoms with Crippen molar-refractivity contribution in [3.63, 3.8) is 0 Å². The predicted molar refractivity (Wildman–Crippen MR) is 171 cm³/mol. The Morgan fingerprint density at radius 1 is 0.814 bits per heavy atom. The molecule has 2 aromatic rings. The van der Waals surface area contributed by atoms with Gasteiger partial charge >= 0.3 is 5.97 Å². The lowest BCUT2D eigenvalue weighted by atomic mass is 9.51. The van der Waals surface area contributed by atoms with Crippen LogP contribution in [-0.2, 0) is 23.4 Å². The smallest absolute Gasteiger partial charge is 0.306 e. The van der Waals surface area contributed by atoms with Gasteiger partial charge in [0.2, 0.25) is 0 Å². The number of esters is 1. The monoisotopic (exact) mass is 602 g/mol. The molecule has 3 aliphatic carbocycles. The standard InChI is InChI=1S/C37H50O5Si/c1-34(2,3)43(28-12-8-6-9-13-28,29-14-10-7-11-15-29)42-27-16-19-35(4)26(24-27)25-32(38)41-33-30(35)17-20-36(5)31(33)18-21-37(36)39-22-23-40-37/h6-15,26-27,30-31,33H,16-25H2,1-5H3/t26-,27+,30+,31+,33-,35+,36+/m1/s1. The molecule has 2 saturated heterocycles. The second-order valence-corrected chi connectivity index (χ2v) is 19.9. The Bertz CT molecular complexity index is 1280. The van der Waals surface area contributed by atoms with E-state index in [2.05, 4.69) is 95.3 Å². The minimum atomic E-state index is -2.67. The highest BCUT2D eigenvalue weighted by atomic mass is 28.4. The fourth-order valence-corrected chi connectivity index (χ4v) is 15.2. The second-order valence-electron chi connectivity index (χ2n) is 15.7. The van der Waals surface area contributed by atoms with Crippen LogP contribution in [-0.4, -0.2) is 45.5 Å². The zero-order valence-electron chi connectivity index (χ0n) is 26.8. The van der Waals surface area contributed by atoms with E-state index in [4.69, 9.17) is 18.6 Å². The van der Waals surface area contributed by atoms with Gasteiger partial charge in [0.05, 0.1) is 13.2 Å². The van der Waals surface area contributed by atoms with Crippen LogP contribution in [0.15, 0.2) is 60.7 Å². The summed E-state index contributed by atoms with van der Waals surface area (Å²) in [6.45, 7) is 13.2. The van der Waals surface area contributed by atoms with Gasteiger partial charge in [0.15, 0.2) is 5.79 Å². The molecule has 6 heteroatoms. The molecule has 43 heavy (non-hydrogen) atoms. The van der Waals surface area contributed by atoms with Gasteiger partial charge in [0, 0.05) is 36.2 Å². The molecule has 0 aromatic heterocycles. The number of ether oxygens (including phenoxy) is 3. The van der Waals surface area contributed by atoms with Crippen molar-refractivity contribution in [2.45, 2.75) is 109 Å². The third kappa shape index (κ3) is 4.45. The summed E-state index contributed by atoms with van der Waals surface area (Å²) in [7, 11) is -2.67. The zero-order chi connectivity index (χ0) is 30.1. The van der Waals surface area contributed by atoms with Crippen LogP contribution < -0.4 is 10.4 Å². The minimum Gasteiger partial charge on any atom is -0.462 e. The Labute approximate surface area is 259 Å². The molecule has 0 bridgehead atoms. The molecule has 232 valence electrons.